The molecule has 0 N–H and O–H groups in total. The van der Waals surface area contributed by atoms with Crippen molar-refractivity contribution in [2.75, 3.05) is 0 Å². The zero-order chi connectivity index (χ0) is 41.6. The fourth-order valence-electron chi connectivity index (χ4n) is 6.58. The summed E-state index contributed by atoms with van der Waals surface area (Å²) in [7, 11) is -3.99. The molecule has 0 unspecified atom stereocenters. The van der Waals surface area contributed by atoms with Crippen LogP contribution in [0.5, 0.6) is 28.7 Å². The smallest absolute Gasteiger partial charge is 0.417 e. The molecule has 5 aromatic carbocycles. The second-order valence-electron chi connectivity index (χ2n) is 16.8. The molecular formula is C49H62O6P2. The molecule has 0 aliphatic rings. The molecule has 0 saturated heterocycles. The summed E-state index contributed by atoms with van der Waals surface area (Å²) in [4.78, 5) is 0. The van der Waals surface area contributed by atoms with Gasteiger partial charge in [0.05, 0.1) is 0 Å². The van der Waals surface area contributed by atoms with Gasteiger partial charge >= 0.3 is 17.2 Å². The first-order valence-corrected chi connectivity index (χ1v) is 22.3. The Kier molecular flexibility index (Phi) is 14.8. The van der Waals surface area contributed by atoms with E-state index in [-0.39, 0.29) is 23.7 Å². The molecule has 304 valence electrons. The lowest BCUT2D eigenvalue weighted by atomic mass is 9.98. The maximum Gasteiger partial charge on any atom is 0.530 e. The Hall–Kier alpha value is -4.08. The van der Waals surface area contributed by atoms with Crippen LogP contribution in [-0.2, 0) is 10.1 Å². The molecule has 5 rings (SSSR count). The average Bonchev–Trinajstić information content (AvgIpc) is 3.11. The summed E-state index contributed by atoms with van der Waals surface area (Å²) in [6.07, 6.45) is 0. The quantitative estimate of drug-likeness (QED) is 0.0872. The van der Waals surface area contributed by atoms with E-state index < -0.39 is 22.8 Å². The molecule has 0 aliphatic heterocycles. The van der Waals surface area contributed by atoms with E-state index in [2.05, 4.69) is 156 Å². The Morgan fingerprint density at radius 1 is 0.386 bits per heavy atom. The Morgan fingerprint density at radius 2 is 0.684 bits per heavy atom. The number of hydrogen-bond acceptors (Lipinski definition) is 6. The van der Waals surface area contributed by atoms with Gasteiger partial charge in [0.15, 0.2) is 0 Å². The van der Waals surface area contributed by atoms with Gasteiger partial charge in [-0.1, -0.05) is 122 Å². The second-order valence-corrected chi connectivity index (χ2v) is 18.8. The molecule has 0 aliphatic carbocycles. The number of para-hydroxylation sites is 1. The summed E-state index contributed by atoms with van der Waals surface area (Å²) < 4.78 is 41.2. The van der Waals surface area contributed by atoms with E-state index in [1.807, 2.05) is 38.1 Å². The van der Waals surface area contributed by atoms with E-state index in [9.17, 15) is 0 Å². The summed E-state index contributed by atoms with van der Waals surface area (Å²) in [5.41, 5.74) is 8.56. The van der Waals surface area contributed by atoms with Gasteiger partial charge in [-0.3, -0.25) is 4.52 Å². The monoisotopic (exact) mass is 808 g/mol. The third-order valence-electron chi connectivity index (χ3n) is 9.87. The minimum atomic E-state index is -2.00. The highest BCUT2D eigenvalue weighted by molar-refractivity contribution is 7.43. The molecule has 0 spiro atoms. The van der Waals surface area contributed by atoms with Crippen LogP contribution in [0.15, 0.2) is 97.1 Å². The highest BCUT2D eigenvalue weighted by Crippen LogP contribution is 2.53. The molecule has 5 aromatic rings. The number of benzene rings is 5. The van der Waals surface area contributed by atoms with Gasteiger partial charge in [-0.2, -0.15) is 0 Å². The maximum absolute atomic E-state index is 7.04. The van der Waals surface area contributed by atoms with Gasteiger partial charge in [0.1, 0.15) is 34.3 Å². The molecule has 0 radical (unpaired) electrons. The van der Waals surface area contributed by atoms with Gasteiger partial charge in [0.2, 0.25) is 0 Å². The van der Waals surface area contributed by atoms with Crippen LogP contribution in [0.25, 0.3) is 0 Å². The first kappa shape index (κ1) is 44.0. The van der Waals surface area contributed by atoms with Crippen LogP contribution in [0.2, 0.25) is 0 Å². The Labute approximate surface area is 345 Å². The molecule has 0 heterocycles. The highest BCUT2D eigenvalue weighted by atomic mass is 31.2. The molecule has 0 fully saturated rings. The van der Waals surface area contributed by atoms with E-state index >= 15 is 0 Å². The molecule has 0 atom stereocenters. The predicted molar refractivity (Wildman–Crippen MR) is 239 cm³/mol. The van der Waals surface area contributed by atoms with Crippen molar-refractivity contribution in [3.63, 3.8) is 0 Å². The number of aryl methyl sites for hydroxylation is 4. The molecule has 57 heavy (non-hydrogen) atoms. The van der Waals surface area contributed by atoms with E-state index in [1.165, 1.54) is 0 Å². The van der Waals surface area contributed by atoms with Crippen molar-refractivity contribution in [3.05, 3.63) is 147 Å². The van der Waals surface area contributed by atoms with Gasteiger partial charge in [-0.15, -0.1) is 0 Å². The minimum Gasteiger partial charge on any atom is -0.417 e. The van der Waals surface area contributed by atoms with Crippen LogP contribution in [0.1, 0.15) is 143 Å². The van der Waals surface area contributed by atoms with E-state index in [0.29, 0.717) is 5.75 Å². The van der Waals surface area contributed by atoms with Crippen LogP contribution in [0.3, 0.4) is 0 Å². The zero-order valence-electron chi connectivity index (χ0n) is 36.4. The predicted octanol–water partition coefficient (Wildman–Crippen LogP) is 15.8. The van der Waals surface area contributed by atoms with E-state index in [4.69, 9.17) is 27.1 Å². The Balaban J connectivity index is 1.57. The standard InChI is InChI=1S/C49H62O6P2/c1-31(2)39-23-19-35(9)27-45(39)51-56(52-46-28-36(10)20-24-40(46)32(3)4)50-44-18-16-15-17-43(44)49(13,14)55-57(53-47-29-37(11)21-25-41(47)33(5)6)54-48-30-38(12)22-26-42(48)34(7)8/h15-34H,1-14H3. The van der Waals surface area contributed by atoms with Crippen molar-refractivity contribution in [2.45, 2.75) is 126 Å². The minimum absolute atomic E-state index is 0.232. The summed E-state index contributed by atoms with van der Waals surface area (Å²) in [5, 5.41) is 0. The van der Waals surface area contributed by atoms with Crippen LogP contribution >= 0.6 is 17.2 Å². The first-order valence-electron chi connectivity index (χ1n) is 20.1. The number of rotatable bonds is 17. The van der Waals surface area contributed by atoms with Crippen molar-refractivity contribution in [1.29, 1.82) is 0 Å². The topological polar surface area (TPSA) is 55.4 Å². The lowest BCUT2D eigenvalue weighted by Gasteiger charge is -2.32. The van der Waals surface area contributed by atoms with Crippen molar-refractivity contribution < 1.29 is 27.1 Å². The summed E-state index contributed by atoms with van der Waals surface area (Å²) in [5.74, 6) is 4.50. The van der Waals surface area contributed by atoms with Gasteiger partial charge < -0.3 is 22.6 Å². The molecule has 0 saturated carbocycles. The van der Waals surface area contributed by atoms with Crippen LogP contribution < -0.4 is 22.6 Å². The summed E-state index contributed by atoms with van der Waals surface area (Å²) in [6.45, 7) is 29.6. The molecule has 0 aromatic heterocycles. The fourth-order valence-corrected chi connectivity index (χ4v) is 8.87. The van der Waals surface area contributed by atoms with E-state index in [0.717, 1.165) is 73.1 Å². The molecule has 6 nitrogen and oxygen atoms in total. The van der Waals surface area contributed by atoms with Crippen LogP contribution in [0, 0.1) is 27.7 Å². The van der Waals surface area contributed by atoms with Gasteiger partial charge in [-0.25, -0.2) is 0 Å². The first-order chi connectivity index (χ1) is 26.9. The zero-order valence-corrected chi connectivity index (χ0v) is 38.2. The second kappa shape index (κ2) is 19.1. The number of hydrogen-bond donors (Lipinski definition) is 0. The Bertz CT molecular complexity index is 2000. The molecule has 0 amide bonds. The lowest BCUT2D eigenvalue weighted by molar-refractivity contribution is 0.0922. The molecular weight excluding hydrogens is 746 g/mol. The van der Waals surface area contributed by atoms with Crippen molar-refractivity contribution in [1.82, 2.24) is 0 Å². The van der Waals surface area contributed by atoms with Crippen molar-refractivity contribution in [2.24, 2.45) is 0 Å². The SMILES string of the molecule is Cc1ccc(C(C)C)c(OP(Oc2cc(C)ccc2C(C)C)Oc2ccccc2C(C)(C)OP(Oc2cc(C)ccc2C(C)C)Oc2cc(C)ccc2C(C)C)c1. The summed E-state index contributed by atoms with van der Waals surface area (Å²) in [6, 6.07) is 33.1. The third-order valence-corrected chi connectivity index (χ3v) is 12.2. The van der Waals surface area contributed by atoms with E-state index in [1.54, 1.807) is 0 Å². The Morgan fingerprint density at radius 3 is 1.02 bits per heavy atom. The van der Waals surface area contributed by atoms with Crippen LogP contribution in [0.4, 0.5) is 0 Å². The largest absolute Gasteiger partial charge is 0.530 e. The highest BCUT2D eigenvalue weighted by Gasteiger charge is 2.36. The van der Waals surface area contributed by atoms with Gasteiger partial charge in [0, 0.05) is 5.56 Å². The van der Waals surface area contributed by atoms with Gasteiger partial charge in [0.25, 0.3) is 0 Å². The van der Waals surface area contributed by atoms with Crippen molar-refractivity contribution >= 4 is 17.2 Å². The average molecular weight is 809 g/mol. The third kappa shape index (κ3) is 11.5. The fraction of sp³-hybridized carbons (Fsp3) is 0.388. The molecule has 0 bridgehead atoms. The lowest BCUT2D eigenvalue weighted by Crippen LogP contribution is -2.23. The molecule has 8 heteroatoms. The maximum atomic E-state index is 7.04. The van der Waals surface area contributed by atoms with Crippen molar-refractivity contribution in [3.8, 4) is 28.7 Å². The van der Waals surface area contributed by atoms with Gasteiger partial charge in [-0.05, 0) is 140 Å². The van der Waals surface area contributed by atoms with Crippen LogP contribution in [-0.4, -0.2) is 0 Å². The normalized spacial score (nSPS) is 12.0. The summed E-state index contributed by atoms with van der Waals surface area (Å²) >= 11 is 0.